The first-order valence-electron chi connectivity index (χ1n) is 9.66. The van der Waals surface area contributed by atoms with E-state index in [1.54, 1.807) is 24.3 Å². The molecule has 1 fully saturated rings. The summed E-state index contributed by atoms with van der Waals surface area (Å²) in [6.07, 6.45) is 0.601. The zero-order chi connectivity index (χ0) is 21.7. The van der Waals surface area contributed by atoms with Crippen molar-refractivity contribution in [3.8, 4) is 5.75 Å². The average molecular weight is 432 g/mol. The van der Waals surface area contributed by atoms with E-state index in [-0.39, 0.29) is 16.5 Å². The van der Waals surface area contributed by atoms with Crippen LogP contribution in [0.1, 0.15) is 37.0 Å². The standard InChI is InChI=1S/C21H24N2O6S/c1-3-28-19-7-5-4-6-18(19)22-20(24)14(2)29-21(25)15-8-12-17(13-9-15)30(26,27)23-16-10-11-16/h4-9,12-14,16,23H,3,10-11H2,1-2H3,(H,22,24). The van der Waals surface area contributed by atoms with Gasteiger partial charge in [-0.25, -0.2) is 17.9 Å². The number of amides is 1. The van der Waals surface area contributed by atoms with Crippen LogP contribution in [0.4, 0.5) is 5.69 Å². The van der Waals surface area contributed by atoms with Gasteiger partial charge in [0.25, 0.3) is 5.91 Å². The summed E-state index contributed by atoms with van der Waals surface area (Å²) >= 11 is 0. The van der Waals surface area contributed by atoms with Crippen LogP contribution >= 0.6 is 0 Å². The molecule has 2 aromatic carbocycles. The second-order valence-electron chi connectivity index (χ2n) is 6.89. The fourth-order valence-corrected chi connectivity index (χ4v) is 3.93. The van der Waals surface area contributed by atoms with Gasteiger partial charge in [0.2, 0.25) is 10.0 Å². The smallest absolute Gasteiger partial charge is 0.338 e. The molecule has 8 nitrogen and oxygen atoms in total. The normalized spacial score (nSPS) is 14.6. The largest absolute Gasteiger partial charge is 0.492 e. The average Bonchev–Trinajstić information content (AvgIpc) is 3.53. The highest BCUT2D eigenvalue weighted by molar-refractivity contribution is 7.89. The van der Waals surface area contributed by atoms with Crippen LogP contribution in [0.5, 0.6) is 5.75 Å². The number of anilines is 1. The topological polar surface area (TPSA) is 111 Å². The number of nitrogens with one attached hydrogen (secondary N) is 2. The van der Waals surface area contributed by atoms with Gasteiger partial charge in [0, 0.05) is 6.04 Å². The Morgan fingerprint density at radius 3 is 2.40 bits per heavy atom. The maximum atomic E-state index is 12.4. The zero-order valence-corrected chi connectivity index (χ0v) is 17.6. The van der Waals surface area contributed by atoms with Crippen molar-refractivity contribution in [2.45, 2.75) is 43.7 Å². The number of rotatable bonds is 9. The first-order chi connectivity index (χ1) is 14.3. The van der Waals surface area contributed by atoms with E-state index in [1.807, 2.05) is 6.92 Å². The minimum Gasteiger partial charge on any atom is -0.492 e. The molecule has 160 valence electrons. The Morgan fingerprint density at radius 1 is 1.10 bits per heavy atom. The Morgan fingerprint density at radius 2 is 1.77 bits per heavy atom. The first kappa shape index (κ1) is 21.8. The van der Waals surface area contributed by atoms with E-state index >= 15 is 0 Å². The molecule has 0 bridgehead atoms. The van der Waals surface area contributed by atoms with E-state index in [0.29, 0.717) is 18.0 Å². The van der Waals surface area contributed by atoms with E-state index in [9.17, 15) is 18.0 Å². The zero-order valence-electron chi connectivity index (χ0n) is 16.8. The molecule has 1 saturated carbocycles. The fraction of sp³-hybridized carbons (Fsp3) is 0.333. The van der Waals surface area contributed by atoms with Crippen molar-refractivity contribution in [2.75, 3.05) is 11.9 Å². The molecule has 2 aromatic rings. The number of benzene rings is 2. The van der Waals surface area contributed by atoms with Gasteiger partial charge in [-0.3, -0.25) is 4.79 Å². The molecule has 1 amide bonds. The van der Waals surface area contributed by atoms with Crippen molar-refractivity contribution in [1.29, 1.82) is 0 Å². The predicted molar refractivity (Wildman–Crippen MR) is 111 cm³/mol. The highest BCUT2D eigenvalue weighted by Gasteiger charge is 2.28. The van der Waals surface area contributed by atoms with Crippen LogP contribution in [0.15, 0.2) is 53.4 Å². The van der Waals surface area contributed by atoms with E-state index in [4.69, 9.17) is 9.47 Å². The van der Waals surface area contributed by atoms with Crippen molar-refractivity contribution < 1.29 is 27.5 Å². The van der Waals surface area contributed by atoms with Crippen LogP contribution < -0.4 is 14.8 Å². The molecule has 2 N–H and O–H groups in total. The minimum atomic E-state index is -3.60. The van der Waals surface area contributed by atoms with E-state index in [0.717, 1.165) is 12.8 Å². The molecule has 0 radical (unpaired) electrons. The Kier molecular flexibility index (Phi) is 6.73. The lowest BCUT2D eigenvalue weighted by molar-refractivity contribution is -0.123. The second-order valence-corrected chi connectivity index (χ2v) is 8.60. The van der Waals surface area contributed by atoms with Crippen LogP contribution in [-0.2, 0) is 19.6 Å². The number of hydrogen-bond donors (Lipinski definition) is 2. The van der Waals surface area contributed by atoms with Crippen LogP contribution in [-0.4, -0.2) is 39.0 Å². The van der Waals surface area contributed by atoms with Crippen molar-refractivity contribution in [1.82, 2.24) is 4.72 Å². The van der Waals surface area contributed by atoms with Gasteiger partial charge in [0.05, 0.1) is 22.8 Å². The monoisotopic (exact) mass is 432 g/mol. The van der Waals surface area contributed by atoms with Gasteiger partial charge in [0.1, 0.15) is 5.75 Å². The summed E-state index contributed by atoms with van der Waals surface area (Å²) in [6, 6.07) is 12.3. The number of carbonyl (C=O) groups is 2. The molecular formula is C21H24N2O6S. The van der Waals surface area contributed by atoms with Gasteiger partial charge < -0.3 is 14.8 Å². The van der Waals surface area contributed by atoms with E-state index < -0.39 is 28.0 Å². The lowest BCUT2D eigenvalue weighted by atomic mass is 10.2. The van der Waals surface area contributed by atoms with Crippen LogP contribution in [0.3, 0.4) is 0 Å². The van der Waals surface area contributed by atoms with Gasteiger partial charge >= 0.3 is 5.97 Å². The molecule has 0 saturated heterocycles. The van der Waals surface area contributed by atoms with Crippen molar-refractivity contribution in [2.24, 2.45) is 0 Å². The third kappa shape index (κ3) is 5.58. The Bertz CT molecular complexity index is 1020. The molecule has 9 heteroatoms. The molecule has 1 aliphatic carbocycles. The summed E-state index contributed by atoms with van der Waals surface area (Å²) in [4.78, 5) is 24.8. The number of esters is 1. The maximum absolute atomic E-state index is 12.4. The summed E-state index contributed by atoms with van der Waals surface area (Å²) in [7, 11) is -3.60. The maximum Gasteiger partial charge on any atom is 0.338 e. The van der Waals surface area contributed by atoms with Crippen molar-refractivity contribution >= 4 is 27.6 Å². The van der Waals surface area contributed by atoms with Gasteiger partial charge in [-0.1, -0.05) is 12.1 Å². The number of para-hydroxylation sites is 2. The van der Waals surface area contributed by atoms with Crippen LogP contribution in [0.25, 0.3) is 0 Å². The SMILES string of the molecule is CCOc1ccccc1NC(=O)C(C)OC(=O)c1ccc(S(=O)(=O)NC2CC2)cc1. The molecule has 0 aromatic heterocycles. The predicted octanol–water partition coefficient (Wildman–Crippen LogP) is 2.71. The lowest BCUT2D eigenvalue weighted by Crippen LogP contribution is -2.30. The van der Waals surface area contributed by atoms with E-state index in [1.165, 1.54) is 31.2 Å². The molecule has 1 aliphatic rings. The minimum absolute atomic E-state index is 0.00754. The highest BCUT2D eigenvalue weighted by atomic mass is 32.2. The number of ether oxygens (including phenoxy) is 2. The highest BCUT2D eigenvalue weighted by Crippen LogP contribution is 2.24. The molecule has 0 aliphatic heterocycles. The van der Waals surface area contributed by atoms with Crippen LogP contribution in [0.2, 0.25) is 0 Å². The molecule has 0 spiro atoms. The number of hydrogen-bond acceptors (Lipinski definition) is 6. The lowest BCUT2D eigenvalue weighted by Gasteiger charge is -2.15. The summed E-state index contributed by atoms with van der Waals surface area (Å²) in [5.74, 6) is -0.721. The van der Waals surface area contributed by atoms with Gasteiger partial charge in [-0.2, -0.15) is 0 Å². The Labute approximate surface area is 175 Å². The fourth-order valence-electron chi connectivity index (χ4n) is 2.63. The van der Waals surface area contributed by atoms with Gasteiger partial charge in [-0.05, 0) is 63.1 Å². The first-order valence-corrected chi connectivity index (χ1v) is 11.1. The molecular weight excluding hydrogens is 408 g/mol. The Hall–Kier alpha value is -2.91. The third-order valence-electron chi connectivity index (χ3n) is 4.40. The second kappa shape index (κ2) is 9.27. The Balaban J connectivity index is 1.60. The third-order valence-corrected chi connectivity index (χ3v) is 5.93. The molecule has 3 rings (SSSR count). The van der Waals surface area contributed by atoms with Gasteiger partial charge in [-0.15, -0.1) is 0 Å². The summed E-state index contributed by atoms with van der Waals surface area (Å²) in [5.41, 5.74) is 0.625. The number of sulfonamides is 1. The quantitative estimate of drug-likeness (QED) is 0.590. The van der Waals surface area contributed by atoms with E-state index in [2.05, 4.69) is 10.0 Å². The molecule has 1 unspecified atom stereocenters. The molecule has 1 atom stereocenters. The summed E-state index contributed by atoms with van der Waals surface area (Å²) in [6.45, 7) is 3.73. The summed E-state index contributed by atoms with van der Waals surface area (Å²) < 4.78 is 37.6. The van der Waals surface area contributed by atoms with Gasteiger partial charge in [0.15, 0.2) is 6.10 Å². The van der Waals surface area contributed by atoms with Crippen molar-refractivity contribution in [3.63, 3.8) is 0 Å². The number of carbonyl (C=O) groups excluding carboxylic acids is 2. The van der Waals surface area contributed by atoms with Crippen LogP contribution in [0, 0.1) is 0 Å². The van der Waals surface area contributed by atoms with Crippen molar-refractivity contribution in [3.05, 3.63) is 54.1 Å². The molecule has 0 heterocycles. The summed E-state index contributed by atoms with van der Waals surface area (Å²) in [5, 5.41) is 2.68. The molecule has 30 heavy (non-hydrogen) atoms.